The highest BCUT2D eigenvalue weighted by atomic mass is 32.2. The zero-order valence-electron chi connectivity index (χ0n) is 10.8. The Balaban J connectivity index is 2.53. The number of rotatable bonds is 3. The van der Waals surface area contributed by atoms with E-state index in [4.69, 9.17) is 0 Å². The molecule has 0 N–H and O–H groups in total. The van der Waals surface area contributed by atoms with E-state index in [-0.39, 0.29) is 23.6 Å². The monoisotopic (exact) mass is 255 g/mol. The van der Waals surface area contributed by atoms with Gasteiger partial charge in [-0.25, -0.2) is 0 Å². The molecule has 0 radical (unpaired) electrons. The molecule has 2 amide bonds. The second kappa shape index (κ2) is 5.56. The van der Waals surface area contributed by atoms with E-state index in [1.165, 1.54) is 16.7 Å². The maximum Gasteiger partial charge on any atom is 0.243 e. The molecule has 0 aliphatic carbocycles. The van der Waals surface area contributed by atoms with E-state index >= 15 is 0 Å². The number of likely N-dealkylation sites (tertiary alicyclic amines) is 1. The Bertz CT molecular complexity index is 376. The number of imide groups is 1. The highest BCUT2D eigenvalue weighted by Crippen LogP contribution is 2.22. The Morgan fingerprint density at radius 2 is 2.00 bits per heavy atom. The van der Waals surface area contributed by atoms with E-state index in [2.05, 4.69) is 11.8 Å². The van der Waals surface area contributed by atoms with Crippen LogP contribution in [-0.2, 0) is 9.59 Å². The normalized spacial score (nSPS) is 20.5. The van der Waals surface area contributed by atoms with Crippen molar-refractivity contribution in [1.82, 2.24) is 4.90 Å². The first-order chi connectivity index (χ1) is 7.85. The minimum Gasteiger partial charge on any atom is -0.321 e. The van der Waals surface area contributed by atoms with Gasteiger partial charge in [-0.15, -0.1) is 0 Å². The Kier molecular flexibility index (Phi) is 4.61. The van der Waals surface area contributed by atoms with Crippen LogP contribution >= 0.6 is 11.8 Å². The number of hydrogen-bond donors (Lipinski definition) is 0. The van der Waals surface area contributed by atoms with Gasteiger partial charge in [-0.2, -0.15) is 11.8 Å². The Morgan fingerprint density at radius 3 is 2.47 bits per heavy atom. The van der Waals surface area contributed by atoms with Crippen molar-refractivity contribution in [2.75, 3.05) is 40.5 Å². The molecule has 1 unspecified atom stereocenters. The lowest BCUT2D eigenvalue weighted by atomic mass is 10.4. The number of thioether (sulfide) groups is 1. The van der Waals surface area contributed by atoms with Gasteiger partial charge in [0.2, 0.25) is 11.8 Å². The molecule has 1 fully saturated rings. The van der Waals surface area contributed by atoms with E-state index < -0.39 is 0 Å². The van der Waals surface area contributed by atoms with Crippen molar-refractivity contribution in [3.8, 4) is 11.8 Å². The second-order valence-electron chi connectivity index (χ2n) is 5.05. The summed E-state index contributed by atoms with van der Waals surface area (Å²) in [6, 6.07) is 0. The van der Waals surface area contributed by atoms with E-state index in [9.17, 15) is 9.59 Å². The third-order valence-electron chi connectivity index (χ3n) is 2.40. The molecule has 0 aromatic heterocycles. The number of hydrogen-bond acceptors (Lipinski definition) is 3. The summed E-state index contributed by atoms with van der Waals surface area (Å²) in [5.41, 5.74) is 0. The maximum absolute atomic E-state index is 11.8. The van der Waals surface area contributed by atoms with Gasteiger partial charge in [0.25, 0.3) is 0 Å². The number of amides is 2. The fourth-order valence-electron chi connectivity index (χ4n) is 1.43. The molecule has 17 heavy (non-hydrogen) atoms. The predicted molar refractivity (Wildman–Crippen MR) is 69.3 cm³/mol. The van der Waals surface area contributed by atoms with Crippen LogP contribution in [0, 0.1) is 11.8 Å². The summed E-state index contributed by atoms with van der Waals surface area (Å²) < 4.78 is 0.752. The van der Waals surface area contributed by atoms with E-state index in [0.717, 1.165) is 4.48 Å². The predicted octanol–water partition coefficient (Wildman–Crippen LogP) is 0.187. The largest absolute Gasteiger partial charge is 0.321 e. The molecule has 1 rings (SSSR count). The average molecular weight is 255 g/mol. The van der Waals surface area contributed by atoms with Gasteiger partial charge in [-0.3, -0.25) is 14.5 Å². The fraction of sp³-hybridized carbons (Fsp3) is 0.667. The van der Waals surface area contributed by atoms with Crippen LogP contribution in [0.1, 0.15) is 6.42 Å². The Hall–Kier alpha value is -0.990. The first-order valence-electron chi connectivity index (χ1n) is 5.48. The van der Waals surface area contributed by atoms with Gasteiger partial charge < -0.3 is 4.48 Å². The molecule has 1 saturated heterocycles. The lowest BCUT2D eigenvalue weighted by Gasteiger charge is -2.20. The first kappa shape index (κ1) is 14.1. The summed E-state index contributed by atoms with van der Waals surface area (Å²) >= 11 is 1.43. The van der Waals surface area contributed by atoms with Gasteiger partial charge in [0.05, 0.1) is 32.9 Å². The summed E-state index contributed by atoms with van der Waals surface area (Å²) in [6.45, 7) is 0.941. The van der Waals surface area contributed by atoms with E-state index in [1.54, 1.807) is 0 Å². The highest BCUT2D eigenvalue weighted by molar-refractivity contribution is 8.00. The zero-order valence-corrected chi connectivity index (χ0v) is 11.6. The molecule has 1 aliphatic rings. The van der Waals surface area contributed by atoms with Crippen LogP contribution in [0.3, 0.4) is 0 Å². The SMILES string of the molecule is CSC1CC(=O)N(CC#CC[N+](C)(C)C)C1=O. The number of carbonyl (C=O) groups is 2. The summed E-state index contributed by atoms with van der Waals surface area (Å²) in [6.07, 6.45) is 2.17. The van der Waals surface area contributed by atoms with Crippen LogP contribution in [0.25, 0.3) is 0 Å². The molecule has 5 heteroatoms. The van der Waals surface area contributed by atoms with Crippen molar-refractivity contribution >= 4 is 23.6 Å². The van der Waals surface area contributed by atoms with Crippen LogP contribution in [0.2, 0.25) is 0 Å². The van der Waals surface area contributed by atoms with Crippen molar-refractivity contribution in [1.29, 1.82) is 0 Å². The summed E-state index contributed by atoms with van der Waals surface area (Å²) in [7, 11) is 6.14. The standard InChI is InChI=1S/C12H19N2O2S/c1-14(2,3)8-6-5-7-13-11(15)9-10(17-4)12(13)16/h10H,7-9H2,1-4H3/q+1. The summed E-state index contributed by atoms with van der Waals surface area (Å²) in [5.74, 6) is 5.70. The molecule has 1 aliphatic heterocycles. The minimum absolute atomic E-state index is 0.0953. The van der Waals surface area contributed by atoms with Gasteiger partial charge in [-0.05, 0) is 12.2 Å². The maximum atomic E-state index is 11.8. The Labute approximate surface area is 107 Å². The number of nitrogens with zero attached hydrogens (tertiary/aromatic N) is 2. The van der Waals surface area contributed by atoms with E-state index in [0.29, 0.717) is 13.0 Å². The minimum atomic E-state index is -0.206. The van der Waals surface area contributed by atoms with Crippen molar-refractivity contribution in [3.63, 3.8) is 0 Å². The van der Waals surface area contributed by atoms with Crippen molar-refractivity contribution in [2.45, 2.75) is 11.7 Å². The fourth-order valence-corrected chi connectivity index (χ4v) is 2.07. The topological polar surface area (TPSA) is 37.4 Å². The molecule has 0 saturated carbocycles. The van der Waals surface area contributed by atoms with Crippen LogP contribution in [0.4, 0.5) is 0 Å². The molecular weight excluding hydrogens is 236 g/mol. The van der Waals surface area contributed by atoms with E-state index in [1.807, 2.05) is 27.4 Å². The average Bonchev–Trinajstić information content (AvgIpc) is 2.48. The van der Waals surface area contributed by atoms with Gasteiger partial charge in [0.1, 0.15) is 6.54 Å². The van der Waals surface area contributed by atoms with Gasteiger partial charge in [0.15, 0.2) is 0 Å². The summed E-state index contributed by atoms with van der Waals surface area (Å²) in [5, 5.41) is -0.206. The number of quaternary nitrogens is 1. The van der Waals surface area contributed by atoms with Crippen LogP contribution in [0.15, 0.2) is 0 Å². The van der Waals surface area contributed by atoms with Gasteiger partial charge in [0, 0.05) is 6.42 Å². The van der Waals surface area contributed by atoms with Gasteiger partial charge in [-0.1, -0.05) is 5.92 Å². The first-order valence-corrected chi connectivity index (χ1v) is 6.77. The molecule has 94 valence electrons. The molecule has 1 atom stereocenters. The summed E-state index contributed by atoms with van der Waals surface area (Å²) in [4.78, 5) is 24.6. The molecule has 0 aromatic carbocycles. The molecule has 0 spiro atoms. The molecule has 0 bridgehead atoms. The second-order valence-corrected chi connectivity index (χ2v) is 6.09. The van der Waals surface area contributed by atoms with Gasteiger partial charge >= 0.3 is 0 Å². The lowest BCUT2D eigenvalue weighted by Crippen LogP contribution is -2.35. The van der Waals surface area contributed by atoms with Crippen molar-refractivity contribution in [2.24, 2.45) is 0 Å². The van der Waals surface area contributed by atoms with Crippen LogP contribution in [0.5, 0.6) is 0 Å². The smallest absolute Gasteiger partial charge is 0.243 e. The quantitative estimate of drug-likeness (QED) is 0.410. The highest BCUT2D eigenvalue weighted by Gasteiger charge is 2.37. The van der Waals surface area contributed by atoms with Crippen molar-refractivity contribution < 1.29 is 14.1 Å². The zero-order chi connectivity index (χ0) is 13.1. The molecule has 0 aromatic rings. The Morgan fingerprint density at radius 1 is 1.35 bits per heavy atom. The van der Waals surface area contributed by atoms with Crippen LogP contribution in [-0.4, -0.2) is 66.9 Å². The van der Waals surface area contributed by atoms with Crippen LogP contribution < -0.4 is 0 Å². The molecule has 1 heterocycles. The third-order valence-corrected chi connectivity index (χ3v) is 3.34. The number of carbonyl (C=O) groups excluding carboxylic acids is 2. The third kappa shape index (κ3) is 4.06. The molecule has 4 nitrogen and oxygen atoms in total. The molecular formula is C12H19N2O2S+. The van der Waals surface area contributed by atoms with Crippen molar-refractivity contribution in [3.05, 3.63) is 0 Å². The lowest BCUT2D eigenvalue weighted by molar-refractivity contribution is -0.862.